The Morgan fingerprint density at radius 3 is 2.71 bits per heavy atom. The molecule has 0 saturated carbocycles. The molecule has 3 N–H and O–H groups in total. The number of nitrogens with one attached hydrogen (secondary N) is 2. The maximum atomic E-state index is 11.7. The van der Waals surface area contributed by atoms with Gasteiger partial charge in [0, 0.05) is 0 Å². The Morgan fingerprint density at radius 2 is 2.18 bits per heavy atom. The van der Waals surface area contributed by atoms with Crippen molar-refractivity contribution >= 4 is 17.8 Å². The van der Waals surface area contributed by atoms with Crippen LogP contribution in [0.3, 0.4) is 0 Å². The first kappa shape index (κ1) is 11.5. The van der Waals surface area contributed by atoms with Crippen LogP contribution in [-0.2, 0) is 14.3 Å². The quantitative estimate of drug-likeness (QED) is 0.666. The van der Waals surface area contributed by atoms with Crippen molar-refractivity contribution in [2.24, 2.45) is 0 Å². The molecule has 1 saturated heterocycles. The standard InChI is InChI=1S/C9H12N4O4/c1-4-10-9(13-12-4)11-7(14)5-2-3-6(17-5)8(15)16/h5-6H,2-3H2,1H3,(H,15,16)(H2,10,11,12,13,14). The third kappa shape index (κ3) is 2.59. The molecule has 2 heterocycles. The summed E-state index contributed by atoms with van der Waals surface area (Å²) in [5.74, 6) is -0.729. The molecule has 8 heteroatoms. The van der Waals surface area contributed by atoms with Crippen molar-refractivity contribution in [2.45, 2.75) is 32.0 Å². The smallest absolute Gasteiger partial charge is 0.332 e. The summed E-state index contributed by atoms with van der Waals surface area (Å²) in [5.41, 5.74) is 0. The van der Waals surface area contributed by atoms with Gasteiger partial charge in [-0.1, -0.05) is 0 Å². The van der Waals surface area contributed by atoms with Gasteiger partial charge in [0.05, 0.1) is 0 Å². The summed E-state index contributed by atoms with van der Waals surface area (Å²) >= 11 is 0. The minimum atomic E-state index is -1.05. The number of carboxylic acids is 1. The number of H-pyrrole nitrogens is 1. The van der Waals surface area contributed by atoms with Crippen LogP contribution in [0.4, 0.5) is 5.95 Å². The number of anilines is 1. The fourth-order valence-electron chi connectivity index (χ4n) is 1.60. The topological polar surface area (TPSA) is 117 Å². The molecule has 0 aliphatic carbocycles. The highest BCUT2D eigenvalue weighted by Crippen LogP contribution is 2.20. The van der Waals surface area contributed by atoms with E-state index in [1.54, 1.807) is 6.92 Å². The van der Waals surface area contributed by atoms with E-state index in [4.69, 9.17) is 9.84 Å². The summed E-state index contributed by atoms with van der Waals surface area (Å²) in [5, 5.41) is 17.5. The van der Waals surface area contributed by atoms with E-state index >= 15 is 0 Å². The van der Waals surface area contributed by atoms with Crippen molar-refractivity contribution in [1.29, 1.82) is 0 Å². The van der Waals surface area contributed by atoms with E-state index < -0.39 is 24.1 Å². The van der Waals surface area contributed by atoms with Crippen LogP contribution < -0.4 is 5.32 Å². The van der Waals surface area contributed by atoms with Crippen molar-refractivity contribution in [3.8, 4) is 0 Å². The van der Waals surface area contributed by atoms with Gasteiger partial charge in [0.2, 0.25) is 5.95 Å². The summed E-state index contributed by atoms with van der Waals surface area (Å²) in [4.78, 5) is 26.2. The first-order valence-corrected chi connectivity index (χ1v) is 5.14. The van der Waals surface area contributed by atoms with Crippen LogP contribution in [0.15, 0.2) is 0 Å². The van der Waals surface area contributed by atoms with Gasteiger partial charge in [-0.2, -0.15) is 4.98 Å². The van der Waals surface area contributed by atoms with Crippen molar-refractivity contribution in [1.82, 2.24) is 15.2 Å². The van der Waals surface area contributed by atoms with Gasteiger partial charge >= 0.3 is 5.97 Å². The van der Waals surface area contributed by atoms with Crippen LogP contribution in [-0.4, -0.2) is 44.4 Å². The highest BCUT2D eigenvalue weighted by atomic mass is 16.5. The summed E-state index contributed by atoms with van der Waals surface area (Å²) in [6.07, 6.45) is -0.943. The third-order valence-corrected chi connectivity index (χ3v) is 2.42. The largest absolute Gasteiger partial charge is 0.479 e. The zero-order valence-electron chi connectivity index (χ0n) is 9.14. The molecule has 0 radical (unpaired) electrons. The average molecular weight is 240 g/mol. The summed E-state index contributed by atoms with van der Waals surface area (Å²) in [7, 11) is 0. The fourth-order valence-corrected chi connectivity index (χ4v) is 1.60. The van der Waals surface area contributed by atoms with E-state index in [0.29, 0.717) is 18.7 Å². The summed E-state index contributed by atoms with van der Waals surface area (Å²) in [6.45, 7) is 1.70. The van der Waals surface area contributed by atoms with Crippen LogP contribution >= 0.6 is 0 Å². The highest BCUT2D eigenvalue weighted by Gasteiger charge is 2.35. The Kier molecular flexibility index (Phi) is 3.05. The zero-order valence-corrected chi connectivity index (χ0v) is 9.14. The lowest BCUT2D eigenvalue weighted by Gasteiger charge is -2.09. The number of ether oxygens (including phenoxy) is 1. The second-order valence-corrected chi connectivity index (χ2v) is 3.76. The third-order valence-electron chi connectivity index (χ3n) is 2.42. The molecule has 2 rings (SSSR count). The molecule has 2 atom stereocenters. The number of rotatable bonds is 3. The van der Waals surface area contributed by atoms with Gasteiger partial charge in [-0.25, -0.2) is 4.79 Å². The van der Waals surface area contributed by atoms with E-state index in [1.165, 1.54) is 0 Å². The lowest BCUT2D eigenvalue weighted by atomic mass is 10.2. The number of carbonyl (C=O) groups is 2. The zero-order chi connectivity index (χ0) is 12.4. The van der Waals surface area contributed by atoms with Crippen LogP contribution in [0.25, 0.3) is 0 Å². The number of carbonyl (C=O) groups excluding carboxylic acids is 1. The van der Waals surface area contributed by atoms with E-state index in [9.17, 15) is 9.59 Å². The molecule has 0 bridgehead atoms. The minimum Gasteiger partial charge on any atom is -0.479 e. The number of aliphatic carboxylic acids is 1. The Labute approximate surface area is 96.4 Å². The number of aromatic nitrogens is 3. The molecule has 0 aromatic carbocycles. The van der Waals surface area contributed by atoms with Crippen molar-refractivity contribution < 1.29 is 19.4 Å². The number of nitrogens with zero attached hydrogens (tertiary/aromatic N) is 2. The first-order valence-electron chi connectivity index (χ1n) is 5.14. The highest BCUT2D eigenvalue weighted by molar-refractivity contribution is 5.93. The molecule has 1 amide bonds. The molecule has 17 heavy (non-hydrogen) atoms. The van der Waals surface area contributed by atoms with Crippen LogP contribution in [0.1, 0.15) is 18.7 Å². The van der Waals surface area contributed by atoms with Crippen LogP contribution in [0, 0.1) is 6.92 Å². The molecular weight excluding hydrogens is 228 g/mol. The number of hydrogen-bond acceptors (Lipinski definition) is 5. The normalized spacial score (nSPS) is 23.6. The molecule has 1 aliphatic rings. The molecule has 1 fully saturated rings. The lowest BCUT2D eigenvalue weighted by Crippen LogP contribution is -2.30. The van der Waals surface area contributed by atoms with Crippen molar-refractivity contribution in [3.63, 3.8) is 0 Å². The number of carboxylic acid groups (broad SMARTS) is 1. The lowest BCUT2D eigenvalue weighted by molar-refractivity contribution is -0.150. The van der Waals surface area contributed by atoms with Gasteiger partial charge in [-0.05, 0) is 19.8 Å². The fraction of sp³-hybridized carbons (Fsp3) is 0.556. The molecule has 1 aromatic rings. The number of aromatic amines is 1. The van der Waals surface area contributed by atoms with Gasteiger partial charge in [0.25, 0.3) is 5.91 Å². The van der Waals surface area contributed by atoms with Gasteiger partial charge in [0.15, 0.2) is 6.10 Å². The van der Waals surface area contributed by atoms with Crippen molar-refractivity contribution in [2.75, 3.05) is 5.32 Å². The monoisotopic (exact) mass is 240 g/mol. The predicted molar refractivity (Wildman–Crippen MR) is 55.3 cm³/mol. The maximum absolute atomic E-state index is 11.7. The Balaban J connectivity index is 1.91. The number of aryl methyl sites for hydroxylation is 1. The summed E-state index contributed by atoms with van der Waals surface area (Å²) < 4.78 is 5.09. The SMILES string of the molecule is Cc1nc(NC(=O)C2CCC(C(=O)O)O2)n[nH]1. The van der Waals surface area contributed by atoms with Crippen molar-refractivity contribution in [3.05, 3.63) is 5.82 Å². The number of hydrogen-bond donors (Lipinski definition) is 3. The molecule has 1 aromatic heterocycles. The van der Waals surface area contributed by atoms with E-state index in [1.807, 2.05) is 0 Å². The van der Waals surface area contributed by atoms with Gasteiger partial charge < -0.3 is 9.84 Å². The van der Waals surface area contributed by atoms with Crippen LogP contribution in [0.5, 0.6) is 0 Å². The maximum Gasteiger partial charge on any atom is 0.332 e. The predicted octanol–water partition coefficient (Wildman–Crippen LogP) is -0.316. The Morgan fingerprint density at radius 1 is 1.47 bits per heavy atom. The second-order valence-electron chi connectivity index (χ2n) is 3.76. The van der Waals surface area contributed by atoms with Gasteiger partial charge in [0.1, 0.15) is 11.9 Å². The molecular formula is C9H12N4O4. The van der Waals surface area contributed by atoms with E-state index in [-0.39, 0.29) is 5.95 Å². The molecule has 8 nitrogen and oxygen atoms in total. The Hall–Kier alpha value is -1.96. The van der Waals surface area contributed by atoms with Crippen LogP contribution in [0.2, 0.25) is 0 Å². The first-order chi connectivity index (χ1) is 8.06. The summed E-state index contributed by atoms with van der Waals surface area (Å²) in [6, 6.07) is 0. The van der Waals surface area contributed by atoms with E-state index in [2.05, 4.69) is 20.5 Å². The van der Waals surface area contributed by atoms with Gasteiger partial charge in [-0.15, -0.1) is 5.10 Å². The number of amides is 1. The Bertz CT molecular complexity index is 444. The molecule has 1 aliphatic heterocycles. The average Bonchev–Trinajstić information content (AvgIpc) is 2.86. The van der Waals surface area contributed by atoms with Gasteiger partial charge in [-0.3, -0.25) is 15.2 Å². The van der Waals surface area contributed by atoms with E-state index in [0.717, 1.165) is 0 Å². The molecule has 2 unspecified atom stereocenters. The molecule has 0 spiro atoms. The molecule has 92 valence electrons. The second kappa shape index (κ2) is 4.50. The minimum absolute atomic E-state index is 0.162.